The summed E-state index contributed by atoms with van der Waals surface area (Å²) in [6, 6.07) is -0.0638. The first-order chi connectivity index (χ1) is 10.1. The lowest BCUT2D eigenvalue weighted by molar-refractivity contribution is -0.151. The topological polar surface area (TPSA) is 57.7 Å². The molecule has 2 aliphatic heterocycles. The highest BCUT2D eigenvalue weighted by atomic mass is 16.2. The molecule has 2 heterocycles. The van der Waals surface area contributed by atoms with Crippen LogP contribution in [0.3, 0.4) is 0 Å². The van der Waals surface area contributed by atoms with E-state index in [0.717, 1.165) is 12.3 Å². The number of hydrogen-bond donors (Lipinski definition) is 0. The summed E-state index contributed by atoms with van der Waals surface area (Å²) in [6.07, 6.45) is 8.81. The highest BCUT2D eigenvalue weighted by Gasteiger charge is 2.42. The standard InChI is InChI=1S/C16H24N2O3/c19-14(7-6-12-4-2-1-3-5-12)17-10-13(11-17)18-15(20)8-9-16(18)21/h12-13H,1-11H2. The first-order valence-corrected chi connectivity index (χ1v) is 8.28. The van der Waals surface area contributed by atoms with E-state index < -0.39 is 0 Å². The molecular formula is C16H24N2O3. The van der Waals surface area contributed by atoms with E-state index in [1.54, 1.807) is 4.90 Å². The summed E-state index contributed by atoms with van der Waals surface area (Å²) in [4.78, 5) is 38.6. The molecule has 5 nitrogen and oxygen atoms in total. The zero-order chi connectivity index (χ0) is 14.8. The highest BCUT2D eigenvalue weighted by molar-refractivity contribution is 6.02. The molecule has 3 fully saturated rings. The van der Waals surface area contributed by atoms with Crippen molar-refractivity contribution in [2.75, 3.05) is 13.1 Å². The fourth-order valence-corrected chi connectivity index (χ4v) is 3.78. The molecule has 0 N–H and O–H groups in total. The fraction of sp³-hybridized carbons (Fsp3) is 0.812. The fourth-order valence-electron chi connectivity index (χ4n) is 3.78. The SMILES string of the molecule is O=C(CCC1CCCCC1)N1CC(N2C(=O)CCC2=O)C1. The van der Waals surface area contributed by atoms with Gasteiger partial charge in [-0.2, -0.15) is 0 Å². The first-order valence-electron chi connectivity index (χ1n) is 8.28. The van der Waals surface area contributed by atoms with E-state index in [4.69, 9.17) is 0 Å². The van der Waals surface area contributed by atoms with Gasteiger partial charge >= 0.3 is 0 Å². The maximum atomic E-state index is 12.1. The van der Waals surface area contributed by atoms with Gasteiger partial charge in [0.2, 0.25) is 17.7 Å². The van der Waals surface area contributed by atoms with Crippen molar-refractivity contribution in [3.63, 3.8) is 0 Å². The normalized spacial score (nSPS) is 24.6. The van der Waals surface area contributed by atoms with Crippen molar-refractivity contribution in [2.45, 2.75) is 63.8 Å². The van der Waals surface area contributed by atoms with E-state index in [2.05, 4.69) is 0 Å². The number of hydrogen-bond acceptors (Lipinski definition) is 3. The average molecular weight is 292 g/mol. The second-order valence-electron chi connectivity index (χ2n) is 6.65. The number of imide groups is 1. The van der Waals surface area contributed by atoms with Gasteiger partial charge < -0.3 is 4.90 Å². The minimum absolute atomic E-state index is 0.0638. The summed E-state index contributed by atoms with van der Waals surface area (Å²) in [5.41, 5.74) is 0. The molecule has 3 aliphatic rings. The van der Waals surface area contributed by atoms with Gasteiger partial charge in [-0.3, -0.25) is 19.3 Å². The van der Waals surface area contributed by atoms with E-state index >= 15 is 0 Å². The third-order valence-electron chi connectivity index (χ3n) is 5.16. The molecule has 0 aromatic heterocycles. The molecule has 0 spiro atoms. The first kappa shape index (κ1) is 14.5. The Kier molecular flexibility index (Phi) is 4.27. The highest BCUT2D eigenvalue weighted by Crippen LogP contribution is 2.28. The molecule has 3 amide bonds. The number of nitrogens with zero attached hydrogens (tertiary/aromatic N) is 2. The third-order valence-corrected chi connectivity index (χ3v) is 5.16. The molecule has 3 rings (SSSR count). The van der Waals surface area contributed by atoms with Gasteiger partial charge in [-0.05, 0) is 12.3 Å². The third kappa shape index (κ3) is 3.11. The molecule has 116 valence electrons. The van der Waals surface area contributed by atoms with Crippen molar-refractivity contribution >= 4 is 17.7 Å². The zero-order valence-corrected chi connectivity index (χ0v) is 12.6. The minimum Gasteiger partial charge on any atom is -0.338 e. The number of carbonyl (C=O) groups is 3. The van der Waals surface area contributed by atoms with Gasteiger partial charge in [-0.15, -0.1) is 0 Å². The van der Waals surface area contributed by atoms with Gasteiger partial charge in [0.1, 0.15) is 0 Å². The molecule has 0 atom stereocenters. The van der Waals surface area contributed by atoms with E-state index in [9.17, 15) is 14.4 Å². The van der Waals surface area contributed by atoms with E-state index in [1.807, 2.05) is 0 Å². The number of likely N-dealkylation sites (tertiary alicyclic amines) is 2. The van der Waals surface area contributed by atoms with Gasteiger partial charge in [0.05, 0.1) is 6.04 Å². The number of amides is 3. The van der Waals surface area contributed by atoms with Gasteiger partial charge in [0.15, 0.2) is 0 Å². The number of rotatable bonds is 4. The number of carbonyl (C=O) groups excluding carboxylic acids is 3. The minimum atomic E-state index is -0.0701. The molecule has 21 heavy (non-hydrogen) atoms. The van der Waals surface area contributed by atoms with Crippen LogP contribution in [0.25, 0.3) is 0 Å². The maximum absolute atomic E-state index is 12.1. The van der Waals surface area contributed by atoms with Crippen LogP contribution in [0.15, 0.2) is 0 Å². The molecule has 0 aromatic rings. The van der Waals surface area contributed by atoms with Crippen molar-refractivity contribution in [1.82, 2.24) is 9.80 Å². The van der Waals surface area contributed by atoms with Crippen molar-refractivity contribution in [3.8, 4) is 0 Å². The van der Waals surface area contributed by atoms with Crippen LogP contribution in [0.1, 0.15) is 57.8 Å². The van der Waals surface area contributed by atoms with Crippen molar-refractivity contribution in [3.05, 3.63) is 0 Å². The Morgan fingerprint density at radius 1 is 1.00 bits per heavy atom. The summed E-state index contributed by atoms with van der Waals surface area (Å²) in [5.74, 6) is 0.774. The Bertz CT molecular complexity index is 421. The molecule has 0 radical (unpaired) electrons. The smallest absolute Gasteiger partial charge is 0.230 e. The Morgan fingerprint density at radius 3 is 2.24 bits per heavy atom. The molecule has 0 bridgehead atoms. The summed E-state index contributed by atoms with van der Waals surface area (Å²) in [7, 11) is 0. The quantitative estimate of drug-likeness (QED) is 0.741. The lowest BCUT2D eigenvalue weighted by Crippen LogP contribution is -2.62. The summed E-state index contributed by atoms with van der Waals surface area (Å²) in [6.45, 7) is 1.09. The lowest BCUT2D eigenvalue weighted by atomic mass is 9.86. The summed E-state index contributed by atoms with van der Waals surface area (Å²) in [5, 5.41) is 0. The van der Waals surface area contributed by atoms with Crippen LogP contribution in [-0.4, -0.2) is 46.7 Å². The van der Waals surface area contributed by atoms with Crippen molar-refractivity contribution in [1.29, 1.82) is 0 Å². The van der Waals surface area contributed by atoms with E-state index in [1.165, 1.54) is 37.0 Å². The van der Waals surface area contributed by atoms with Gasteiger partial charge in [0, 0.05) is 32.4 Å². The molecule has 0 unspecified atom stereocenters. The Hall–Kier alpha value is -1.39. The van der Waals surface area contributed by atoms with Crippen LogP contribution in [-0.2, 0) is 14.4 Å². The molecule has 1 aliphatic carbocycles. The van der Waals surface area contributed by atoms with Gasteiger partial charge in [0.25, 0.3) is 0 Å². The largest absolute Gasteiger partial charge is 0.338 e. The van der Waals surface area contributed by atoms with Crippen LogP contribution >= 0.6 is 0 Å². The van der Waals surface area contributed by atoms with Crippen LogP contribution in [0.2, 0.25) is 0 Å². The van der Waals surface area contributed by atoms with Crippen LogP contribution in [0.4, 0.5) is 0 Å². The van der Waals surface area contributed by atoms with Gasteiger partial charge in [-0.1, -0.05) is 32.1 Å². The molecule has 0 aromatic carbocycles. The monoisotopic (exact) mass is 292 g/mol. The van der Waals surface area contributed by atoms with E-state index in [-0.39, 0.29) is 23.8 Å². The predicted octanol–water partition coefficient (Wildman–Crippen LogP) is 1.71. The molecule has 2 saturated heterocycles. The van der Waals surface area contributed by atoms with Crippen LogP contribution in [0, 0.1) is 5.92 Å². The van der Waals surface area contributed by atoms with Crippen LogP contribution < -0.4 is 0 Å². The van der Waals surface area contributed by atoms with E-state index in [0.29, 0.717) is 32.4 Å². The predicted molar refractivity (Wildman–Crippen MR) is 77.3 cm³/mol. The molecular weight excluding hydrogens is 268 g/mol. The Morgan fingerprint density at radius 2 is 1.62 bits per heavy atom. The summed E-state index contributed by atoms with van der Waals surface area (Å²) < 4.78 is 0. The van der Waals surface area contributed by atoms with Crippen LogP contribution in [0.5, 0.6) is 0 Å². The van der Waals surface area contributed by atoms with Gasteiger partial charge in [-0.25, -0.2) is 0 Å². The second-order valence-corrected chi connectivity index (χ2v) is 6.65. The second kappa shape index (κ2) is 6.16. The van der Waals surface area contributed by atoms with Crippen molar-refractivity contribution in [2.24, 2.45) is 5.92 Å². The zero-order valence-electron chi connectivity index (χ0n) is 12.6. The average Bonchev–Trinajstić information content (AvgIpc) is 2.77. The maximum Gasteiger partial charge on any atom is 0.230 e. The summed E-state index contributed by atoms with van der Waals surface area (Å²) >= 11 is 0. The molecule has 1 saturated carbocycles. The molecule has 5 heteroatoms. The Balaban J connectivity index is 1.40. The Labute approximate surface area is 125 Å². The van der Waals surface area contributed by atoms with Crippen molar-refractivity contribution < 1.29 is 14.4 Å². The lowest BCUT2D eigenvalue weighted by Gasteiger charge is -2.43.